The normalized spacial score (nSPS) is 20.2. The lowest BCUT2D eigenvalue weighted by atomic mass is 10.0. The van der Waals surface area contributed by atoms with Crippen molar-refractivity contribution in [2.75, 3.05) is 20.2 Å². The predicted octanol–water partition coefficient (Wildman–Crippen LogP) is 2.60. The van der Waals surface area contributed by atoms with E-state index in [1.165, 1.54) is 12.1 Å². The number of para-hydroxylation sites is 1. The van der Waals surface area contributed by atoms with Crippen LogP contribution in [-0.2, 0) is 0 Å². The molecule has 1 unspecified atom stereocenters. The molecule has 0 saturated carbocycles. The first-order chi connectivity index (χ1) is 9.09. The summed E-state index contributed by atoms with van der Waals surface area (Å²) in [4.78, 5) is 12.3. The van der Waals surface area contributed by atoms with E-state index in [0.717, 1.165) is 31.9 Å². The molecular formula is C13H17FN2O3. The standard InChI is InChI=1S/C13H17FN2O3/c1-15-8-3-2-5-10(15)9-19-12-7-4-6-11(14)13(12)16(17)18/h4,6-7,10H,2-3,5,8-9H2,1H3. The average Bonchev–Trinajstić information content (AvgIpc) is 2.37. The quantitative estimate of drug-likeness (QED) is 0.622. The zero-order valence-electron chi connectivity index (χ0n) is 10.8. The molecule has 19 heavy (non-hydrogen) atoms. The van der Waals surface area contributed by atoms with Crippen molar-refractivity contribution in [2.45, 2.75) is 25.3 Å². The minimum absolute atomic E-state index is 0.00368. The van der Waals surface area contributed by atoms with Crippen molar-refractivity contribution in [3.63, 3.8) is 0 Å². The molecule has 0 spiro atoms. The fraction of sp³-hybridized carbons (Fsp3) is 0.538. The van der Waals surface area contributed by atoms with Gasteiger partial charge in [-0.2, -0.15) is 4.39 Å². The summed E-state index contributed by atoms with van der Waals surface area (Å²) in [6.07, 6.45) is 3.29. The van der Waals surface area contributed by atoms with Crippen LogP contribution in [0, 0.1) is 15.9 Å². The van der Waals surface area contributed by atoms with Crippen LogP contribution in [0.4, 0.5) is 10.1 Å². The second-order valence-electron chi connectivity index (χ2n) is 4.78. The van der Waals surface area contributed by atoms with Gasteiger partial charge in [-0.15, -0.1) is 0 Å². The first-order valence-corrected chi connectivity index (χ1v) is 6.35. The summed E-state index contributed by atoms with van der Waals surface area (Å²) < 4.78 is 18.9. The Morgan fingerprint density at radius 2 is 2.32 bits per heavy atom. The van der Waals surface area contributed by atoms with Gasteiger partial charge in [0.2, 0.25) is 5.82 Å². The third kappa shape index (κ3) is 3.20. The molecule has 2 rings (SSSR count). The highest BCUT2D eigenvalue weighted by Crippen LogP contribution is 2.30. The van der Waals surface area contributed by atoms with Crippen molar-refractivity contribution in [2.24, 2.45) is 0 Å². The lowest BCUT2D eigenvalue weighted by Gasteiger charge is -2.32. The Balaban J connectivity index is 2.07. The third-order valence-corrected chi connectivity index (χ3v) is 3.49. The second kappa shape index (κ2) is 5.97. The van der Waals surface area contributed by atoms with Gasteiger partial charge in [0.05, 0.1) is 4.92 Å². The minimum Gasteiger partial charge on any atom is -0.485 e. The smallest absolute Gasteiger partial charge is 0.346 e. The van der Waals surface area contributed by atoms with Crippen LogP contribution in [0.1, 0.15) is 19.3 Å². The first kappa shape index (κ1) is 13.7. The maximum atomic E-state index is 13.4. The van der Waals surface area contributed by atoms with Crippen molar-refractivity contribution in [3.05, 3.63) is 34.1 Å². The Morgan fingerprint density at radius 3 is 3.00 bits per heavy atom. The number of hydrogen-bond acceptors (Lipinski definition) is 4. The molecule has 0 bridgehead atoms. The van der Waals surface area contributed by atoms with E-state index < -0.39 is 16.4 Å². The lowest BCUT2D eigenvalue weighted by Crippen LogP contribution is -2.40. The molecule has 0 N–H and O–H groups in total. The molecule has 1 fully saturated rings. The van der Waals surface area contributed by atoms with Crippen LogP contribution in [-0.4, -0.2) is 36.1 Å². The van der Waals surface area contributed by atoms with Gasteiger partial charge in [-0.25, -0.2) is 0 Å². The van der Waals surface area contributed by atoms with Gasteiger partial charge < -0.3 is 9.64 Å². The number of rotatable bonds is 4. The number of piperidine rings is 1. The van der Waals surface area contributed by atoms with Crippen molar-refractivity contribution in [1.82, 2.24) is 4.90 Å². The van der Waals surface area contributed by atoms with Crippen LogP contribution in [0.2, 0.25) is 0 Å². The van der Waals surface area contributed by atoms with Crippen LogP contribution in [0.25, 0.3) is 0 Å². The van der Waals surface area contributed by atoms with Crippen LogP contribution in [0.5, 0.6) is 5.75 Å². The van der Waals surface area contributed by atoms with Gasteiger partial charge in [0.25, 0.3) is 0 Å². The maximum Gasteiger partial charge on any atom is 0.346 e. The van der Waals surface area contributed by atoms with Crippen molar-refractivity contribution in [1.29, 1.82) is 0 Å². The third-order valence-electron chi connectivity index (χ3n) is 3.49. The van der Waals surface area contributed by atoms with E-state index in [1.54, 1.807) is 0 Å². The van der Waals surface area contributed by atoms with Crippen LogP contribution in [0.3, 0.4) is 0 Å². The Kier molecular flexibility index (Phi) is 4.31. The van der Waals surface area contributed by atoms with Crippen LogP contribution < -0.4 is 4.74 Å². The van der Waals surface area contributed by atoms with Gasteiger partial charge in [-0.05, 0) is 38.6 Å². The summed E-state index contributed by atoms with van der Waals surface area (Å²) in [6.45, 7) is 1.35. The van der Waals surface area contributed by atoms with E-state index in [-0.39, 0.29) is 11.8 Å². The van der Waals surface area contributed by atoms with Gasteiger partial charge in [0.15, 0.2) is 5.75 Å². The van der Waals surface area contributed by atoms with Gasteiger partial charge in [0.1, 0.15) is 6.61 Å². The van der Waals surface area contributed by atoms with E-state index >= 15 is 0 Å². The summed E-state index contributed by atoms with van der Waals surface area (Å²) in [5.41, 5.74) is -0.582. The van der Waals surface area contributed by atoms with E-state index in [2.05, 4.69) is 4.90 Å². The van der Waals surface area contributed by atoms with Gasteiger partial charge in [0, 0.05) is 6.04 Å². The number of likely N-dealkylation sites (N-methyl/N-ethyl adjacent to an activating group) is 1. The van der Waals surface area contributed by atoms with E-state index in [1.807, 2.05) is 7.05 Å². The number of likely N-dealkylation sites (tertiary alicyclic amines) is 1. The summed E-state index contributed by atoms with van der Waals surface area (Å²) >= 11 is 0. The molecular weight excluding hydrogens is 251 g/mol. The molecule has 0 aromatic heterocycles. The molecule has 0 aliphatic carbocycles. The van der Waals surface area contributed by atoms with E-state index in [4.69, 9.17) is 4.74 Å². The van der Waals surface area contributed by atoms with Crippen molar-refractivity contribution < 1.29 is 14.1 Å². The number of nitro groups is 1. The van der Waals surface area contributed by atoms with Crippen LogP contribution in [0.15, 0.2) is 18.2 Å². The maximum absolute atomic E-state index is 13.4. The topological polar surface area (TPSA) is 55.6 Å². The zero-order chi connectivity index (χ0) is 13.8. The number of halogens is 1. The highest BCUT2D eigenvalue weighted by Gasteiger charge is 2.24. The molecule has 1 aromatic carbocycles. The molecule has 104 valence electrons. The van der Waals surface area contributed by atoms with Gasteiger partial charge in [-0.1, -0.05) is 12.5 Å². The molecule has 1 heterocycles. The van der Waals surface area contributed by atoms with E-state index in [9.17, 15) is 14.5 Å². The number of benzene rings is 1. The molecule has 1 atom stereocenters. The molecule has 1 saturated heterocycles. The average molecular weight is 268 g/mol. The monoisotopic (exact) mass is 268 g/mol. The van der Waals surface area contributed by atoms with Crippen molar-refractivity contribution in [3.8, 4) is 5.75 Å². The molecule has 0 radical (unpaired) electrons. The molecule has 5 nitrogen and oxygen atoms in total. The van der Waals surface area contributed by atoms with Crippen LogP contribution >= 0.6 is 0 Å². The predicted molar refractivity (Wildman–Crippen MR) is 68.8 cm³/mol. The highest BCUT2D eigenvalue weighted by atomic mass is 19.1. The SMILES string of the molecule is CN1CCCCC1COc1cccc(F)c1[N+](=O)[O-]. The fourth-order valence-corrected chi connectivity index (χ4v) is 2.33. The zero-order valence-corrected chi connectivity index (χ0v) is 10.8. The number of nitro benzene ring substituents is 1. The molecule has 0 amide bonds. The Labute approximate surface area is 111 Å². The molecule has 6 heteroatoms. The fourth-order valence-electron chi connectivity index (χ4n) is 2.33. The largest absolute Gasteiger partial charge is 0.485 e. The first-order valence-electron chi connectivity index (χ1n) is 6.35. The Morgan fingerprint density at radius 1 is 1.53 bits per heavy atom. The number of nitrogens with zero attached hydrogens (tertiary/aromatic N) is 2. The second-order valence-corrected chi connectivity index (χ2v) is 4.78. The van der Waals surface area contributed by atoms with Gasteiger partial charge in [-0.3, -0.25) is 10.1 Å². The van der Waals surface area contributed by atoms with Crippen molar-refractivity contribution >= 4 is 5.69 Å². The summed E-state index contributed by atoms with van der Waals surface area (Å²) in [6, 6.07) is 4.15. The lowest BCUT2D eigenvalue weighted by molar-refractivity contribution is -0.388. The van der Waals surface area contributed by atoms with E-state index in [0.29, 0.717) is 6.61 Å². The molecule has 1 aliphatic heterocycles. The molecule has 1 aliphatic rings. The summed E-state index contributed by atoms with van der Waals surface area (Å²) in [7, 11) is 2.01. The minimum atomic E-state index is -0.862. The highest BCUT2D eigenvalue weighted by molar-refractivity contribution is 5.47. The Hall–Kier alpha value is -1.69. The summed E-state index contributed by atoms with van der Waals surface area (Å²) in [5.74, 6) is -0.858. The number of hydrogen-bond donors (Lipinski definition) is 0. The molecule has 1 aromatic rings. The van der Waals surface area contributed by atoms with Gasteiger partial charge >= 0.3 is 5.69 Å². The number of ether oxygens (including phenoxy) is 1. The Bertz CT molecular complexity index is 467. The summed E-state index contributed by atoms with van der Waals surface area (Å²) in [5, 5.41) is 10.8.